The van der Waals surface area contributed by atoms with Crippen LogP contribution in [0.5, 0.6) is 0 Å². The zero-order chi connectivity index (χ0) is 33.6. The molecule has 0 spiro atoms. The second-order valence-electron chi connectivity index (χ2n) is 13.0. The number of aryl methyl sites for hydroxylation is 1. The minimum Gasteiger partial charge on any atom is -0.445 e. The predicted molar refractivity (Wildman–Crippen MR) is 170 cm³/mol. The summed E-state index contributed by atoms with van der Waals surface area (Å²) in [6.07, 6.45) is 2.05. The van der Waals surface area contributed by atoms with Crippen molar-refractivity contribution < 1.29 is 28.3 Å². The normalized spacial score (nSPS) is 16.3. The van der Waals surface area contributed by atoms with Gasteiger partial charge in [-0.05, 0) is 62.6 Å². The van der Waals surface area contributed by atoms with Gasteiger partial charge in [-0.2, -0.15) is 0 Å². The Balaban J connectivity index is 1.43. The number of rotatable bonds is 12. The number of aromatic nitrogens is 3. The number of carbonyl (C=O) groups is 4. The highest BCUT2D eigenvalue weighted by Gasteiger charge is 2.41. The van der Waals surface area contributed by atoms with Crippen LogP contribution < -0.4 is 10.6 Å². The number of Topliss-reactive ketones (excluding diaryl/α,β-unsaturated/α-hetero) is 1. The van der Waals surface area contributed by atoms with Crippen molar-refractivity contribution in [2.45, 2.75) is 91.5 Å². The summed E-state index contributed by atoms with van der Waals surface area (Å²) in [6, 6.07) is 10.4. The van der Waals surface area contributed by atoms with Gasteiger partial charge in [-0.3, -0.25) is 19.4 Å². The van der Waals surface area contributed by atoms with Crippen molar-refractivity contribution in [2.24, 2.45) is 11.8 Å². The number of alkyl carbamates (subject to hydrolysis) is 1. The monoisotopic (exact) mass is 632 g/mol. The third kappa shape index (κ3) is 7.96. The van der Waals surface area contributed by atoms with Crippen LogP contribution in [-0.4, -0.2) is 68.4 Å². The van der Waals surface area contributed by atoms with Crippen molar-refractivity contribution in [1.29, 1.82) is 0 Å². The largest absolute Gasteiger partial charge is 0.445 e. The van der Waals surface area contributed by atoms with Gasteiger partial charge < -0.3 is 24.7 Å². The Kier molecular flexibility index (Phi) is 10.9. The molecule has 4 rings (SSSR count). The van der Waals surface area contributed by atoms with E-state index in [2.05, 4.69) is 25.8 Å². The van der Waals surface area contributed by atoms with Gasteiger partial charge in [0.2, 0.25) is 23.5 Å². The minimum absolute atomic E-state index is 0.0624. The summed E-state index contributed by atoms with van der Waals surface area (Å²) in [5.41, 5.74) is 1.78. The predicted octanol–water partition coefficient (Wildman–Crippen LogP) is 4.36. The molecular weight excluding hydrogens is 588 g/mol. The molecule has 2 N–H and O–H groups in total. The molecule has 3 atom stereocenters. The van der Waals surface area contributed by atoms with E-state index in [0.29, 0.717) is 25.1 Å². The van der Waals surface area contributed by atoms with Crippen LogP contribution in [0.15, 0.2) is 53.1 Å². The van der Waals surface area contributed by atoms with Gasteiger partial charge in [-0.1, -0.05) is 64.1 Å². The van der Waals surface area contributed by atoms with Crippen LogP contribution in [0.4, 0.5) is 4.79 Å². The fraction of sp³-hybridized carbons (Fsp3) is 0.500. The number of nitrogens with one attached hydrogen (secondary N) is 2. The van der Waals surface area contributed by atoms with Gasteiger partial charge in [0.05, 0.1) is 17.2 Å². The second-order valence-corrected chi connectivity index (χ2v) is 13.0. The van der Waals surface area contributed by atoms with Crippen molar-refractivity contribution in [3.05, 3.63) is 77.3 Å². The molecule has 1 unspecified atom stereocenters. The van der Waals surface area contributed by atoms with Crippen molar-refractivity contribution in [3.8, 4) is 0 Å². The molecule has 1 aromatic carbocycles. The standard InChI is InChI=1S/C34H44N6O6/c1-20(2)26(28(41)30-38-39-32(46-30)34(6,7)25-16-15-22(5)18-35-25)36-29(42)24-14-11-17-40(24)31(43)27(21(3)4)37-33(44)45-19-23-12-9-8-10-13-23/h8-10,12-13,15-16,18,20-21,24,26-27H,11,14,17,19H2,1-7H3,(H,36,42)(H,37,44)/t24-,26?,27-/m0/s1. The number of ketones is 1. The van der Waals surface area contributed by atoms with E-state index in [1.54, 1.807) is 20.0 Å². The topological polar surface area (TPSA) is 157 Å². The minimum atomic E-state index is -0.967. The lowest BCUT2D eigenvalue weighted by Gasteiger charge is -2.31. The molecule has 1 aliphatic rings. The highest BCUT2D eigenvalue weighted by atomic mass is 16.5. The van der Waals surface area contributed by atoms with E-state index in [9.17, 15) is 19.2 Å². The molecule has 0 bridgehead atoms. The van der Waals surface area contributed by atoms with Crippen molar-refractivity contribution in [3.63, 3.8) is 0 Å². The van der Waals surface area contributed by atoms with Crippen LogP contribution in [0, 0.1) is 18.8 Å². The Morgan fingerprint density at radius 2 is 1.67 bits per heavy atom. The Morgan fingerprint density at radius 3 is 2.30 bits per heavy atom. The number of amides is 3. The average molecular weight is 633 g/mol. The molecule has 246 valence electrons. The second kappa shape index (κ2) is 14.7. The Labute approximate surface area is 269 Å². The zero-order valence-electron chi connectivity index (χ0n) is 27.6. The third-order valence-corrected chi connectivity index (χ3v) is 8.23. The van der Waals surface area contributed by atoms with Crippen LogP contribution in [0.3, 0.4) is 0 Å². The molecule has 12 nitrogen and oxygen atoms in total. The van der Waals surface area contributed by atoms with E-state index in [4.69, 9.17) is 9.15 Å². The summed E-state index contributed by atoms with van der Waals surface area (Å²) in [6.45, 7) is 13.3. The smallest absolute Gasteiger partial charge is 0.408 e. The molecule has 0 aliphatic carbocycles. The quantitative estimate of drug-likeness (QED) is 0.277. The zero-order valence-corrected chi connectivity index (χ0v) is 27.6. The van der Waals surface area contributed by atoms with Crippen molar-refractivity contribution >= 4 is 23.7 Å². The summed E-state index contributed by atoms with van der Waals surface area (Å²) in [4.78, 5) is 59.5. The first-order valence-electron chi connectivity index (χ1n) is 15.7. The molecule has 1 fully saturated rings. The lowest BCUT2D eigenvalue weighted by atomic mass is 9.88. The lowest BCUT2D eigenvalue weighted by molar-refractivity contribution is -0.141. The van der Waals surface area contributed by atoms with Gasteiger partial charge in [-0.25, -0.2) is 4.79 Å². The first-order chi connectivity index (χ1) is 21.8. The number of likely N-dealkylation sites (tertiary alicyclic amines) is 1. The summed E-state index contributed by atoms with van der Waals surface area (Å²) in [5, 5.41) is 13.7. The number of carbonyl (C=O) groups excluding carboxylic acids is 4. The molecule has 0 saturated carbocycles. The van der Waals surface area contributed by atoms with Gasteiger partial charge in [0.15, 0.2) is 0 Å². The lowest BCUT2D eigenvalue weighted by Crippen LogP contribution is -2.57. The number of ether oxygens (including phenoxy) is 1. The molecule has 2 aromatic heterocycles. The van der Waals surface area contributed by atoms with E-state index < -0.39 is 41.3 Å². The summed E-state index contributed by atoms with van der Waals surface area (Å²) >= 11 is 0. The Hall–Kier alpha value is -4.61. The molecule has 0 radical (unpaired) electrons. The van der Waals surface area contributed by atoms with Crippen LogP contribution in [0.1, 0.15) is 87.8 Å². The van der Waals surface area contributed by atoms with Gasteiger partial charge >= 0.3 is 6.09 Å². The van der Waals surface area contributed by atoms with Gasteiger partial charge in [0.1, 0.15) is 18.7 Å². The Bertz CT molecular complexity index is 1520. The van der Waals surface area contributed by atoms with E-state index in [0.717, 1.165) is 11.1 Å². The summed E-state index contributed by atoms with van der Waals surface area (Å²) in [7, 11) is 0. The molecule has 3 aromatic rings. The van der Waals surface area contributed by atoms with Crippen LogP contribution in [0.2, 0.25) is 0 Å². The SMILES string of the molecule is Cc1ccc(C(C)(C)c2nnc(C(=O)C(NC(=O)[C@@H]3CCCN3C(=O)[C@@H](NC(=O)OCc3ccccc3)C(C)C)C(C)C)o2)nc1. The highest BCUT2D eigenvalue weighted by molar-refractivity contribution is 6.00. The fourth-order valence-electron chi connectivity index (χ4n) is 5.33. The molecule has 1 aliphatic heterocycles. The van der Waals surface area contributed by atoms with Gasteiger partial charge in [0.25, 0.3) is 5.89 Å². The first-order valence-corrected chi connectivity index (χ1v) is 15.7. The van der Waals surface area contributed by atoms with E-state index in [1.165, 1.54) is 4.90 Å². The number of hydrogen-bond acceptors (Lipinski definition) is 9. The maximum atomic E-state index is 13.7. The number of hydrogen-bond donors (Lipinski definition) is 2. The number of nitrogens with zero attached hydrogens (tertiary/aromatic N) is 4. The van der Waals surface area contributed by atoms with E-state index in [-0.39, 0.29) is 36.1 Å². The van der Waals surface area contributed by atoms with Crippen LogP contribution >= 0.6 is 0 Å². The van der Waals surface area contributed by atoms with Crippen LogP contribution in [0.25, 0.3) is 0 Å². The van der Waals surface area contributed by atoms with E-state index >= 15 is 0 Å². The average Bonchev–Trinajstić information content (AvgIpc) is 3.73. The van der Waals surface area contributed by atoms with Gasteiger partial charge in [-0.15, -0.1) is 10.2 Å². The summed E-state index contributed by atoms with van der Waals surface area (Å²) in [5.74, 6) is -1.93. The number of benzene rings is 1. The molecule has 46 heavy (non-hydrogen) atoms. The number of pyridine rings is 1. The Morgan fingerprint density at radius 1 is 0.978 bits per heavy atom. The summed E-state index contributed by atoms with van der Waals surface area (Å²) < 4.78 is 11.2. The third-order valence-electron chi connectivity index (χ3n) is 8.23. The fourth-order valence-corrected chi connectivity index (χ4v) is 5.33. The molecule has 3 amide bonds. The molecule has 3 heterocycles. The molecule has 12 heteroatoms. The van der Waals surface area contributed by atoms with Gasteiger partial charge in [0, 0.05) is 12.7 Å². The first kappa shape index (κ1) is 34.3. The highest BCUT2D eigenvalue weighted by Crippen LogP contribution is 2.29. The maximum Gasteiger partial charge on any atom is 0.408 e. The molecule has 1 saturated heterocycles. The van der Waals surface area contributed by atoms with Crippen molar-refractivity contribution in [1.82, 2.24) is 30.7 Å². The van der Waals surface area contributed by atoms with Crippen molar-refractivity contribution in [2.75, 3.05) is 6.54 Å². The van der Waals surface area contributed by atoms with Crippen LogP contribution in [-0.2, 0) is 26.3 Å². The maximum absolute atomic E-state index is 13.7. The molecular formula is C34H44N6O6. The van der Waals surface area contributed by atoms with E-state index in [1.807, 2.05) is 77.1 Å².